The molecule has 1 heterocycles. The summed E-state index contributed by atoms with van der Waals surface area (Å²) in [7, 11) is 0. The molecule has 0 bridgehead atoms. The summed E-state index contributed by atoms with van der Waals surface area (Å²) in [6.07, 6.45) is 2.25. The van der Waals surface area contributed by atoms with Crippen LogP contribution in [-0.2, 0) is 4.74 Å². The van der Waals surface area contributed by atoms with Crippen LogP contribution < -0.4 is 11.1 Å². The first kappa shape index (κ1) is 12.4. The third-order valence-corrected chi connectivity index (χ3v) is 3.49. The maximum atomic E-state index is 11.8. The minimum atomic E-state index is -0.111. The second-order valence-electron chi connectivity index (χ2n) is 4.08. The first-order valence-corrected chi connectivity index (χ1v) is 6.41. The summed E-state index contributed by atoms with van der Waals surface area (Å²) in [5.74, 6) is -0.111. The average Bonchev–Trinajstić information content (AvgIpc) is 2.82. The quantitative estimate of drug-likeness (QED) is 0.838. The van der Waals surface area contributed by atoms with Crippen LogP contribution in [0.2, 0.25) is 0 Å². The lowest BCUT2D eigenvalue weighted by atomic mass is 10.2. The smallest absolute Gasteiger partial charge is 0.251 e. The van der Waals surface area contributed by atoms with Gasteiger partial charge in [0, 0.05) is 28.9 Å². The highest BCUT2D eigenvalue weighted by molar-refractivity contribution is 9.10. The van der Waals surface area contributed by atoms with E-state index in [0.29, 0.717) is 17.8 Å². The maximum absolute atomic E-state index is 11.8. The number of hydrogen-bond donors (Lipinski definition) is 2. The van der Waals surface area contributed by atoms with Crippen molar-refractivity contribution in [3.05, 3.63) is 28.2 Å². The average molecular weight is 299 g/mol. The van der Waals surface area contributed by atoms with Gasteiger partial charge in [-0.25, -0.2) is 0 Å². The summed E-state index contributed by atoms with van der Waals surface area (Å²) in [4.78, 5) is 11.8. The zero-order valence-corrected chi connectivity index (χ0v) is 11.0. The monoisotopic (exact) mass is 298 g/mol. The minimum Gasteiger partial charge on any atom is -0.398 e. The Balaban J connectivity index is 1.92. The normalized spacial score (nSPS) is 19.2. The van der Waals surface area contributed by atoms with E-state index in [-0.39, 0.29) is 12.0 Å². The van der Waals surface area contributed by atoms with Crippen molar-refractivity contribution in [1.82, 2.24) is 5.32 Å². The number of rotatable bonds is 3. The van der Waals surface area contributed by atoms with Gasteiger partial charge in [0.25, 0.3) is 5.91 Å². The molecule has 4 nitrogen and oxygen atoms in total. The highest BCUT2D eigenvalue weighted by Gasteiger charge is 2.16. The molecule has 1 atom stereocenters. The third kappa shape index (κ3) is 3.20. The summed E-state index contributed by atoms with van der Waals surface area (Å²) in [5.41, 5.74) is 6.86. The zero-order valence-electron chi connectivity index (χ0n) is 9.41. The predicted octanol–water partition coefficient (Wildman–Crippen LogP) is 1.94. The molecule has 92 valence electrons. The van der Waals surface area contributed by atoms with E-state index in [1.165, 1.54) is 0 Å². The standard InChI is InChI=1S/C12H15BrN2O2/c13-10-4-3-8(6-11(10)14)12(16)15-7-9-2-1-5-17-9/h3-4,6,9H,1-2,5,7,14H2,(H,15,16). The number of nitrogens with one attached hydrogen (secondary N) is 1. The molecule has 1 fully saturated rings. The zero-order chi connectivity index (χ0) is 12.3. The Hall–Kier alpha value is -1.07. The second-order valence-corrected chi connectivity index (χ2v) is 4.94. The van der Waals surface area contributed by atoms with Gasteiger partial charge in [-0.15, -0.1) is 0 Å². The number of halogens is 1. The molecule has 0 saturated carbocycles. The van der Waals surface area contributed by atoms with Crippen molar-refractivity contribution >= 4 is 27.5 Å². The molecule has 0 radical (unpaired) electrons. The van der Waals surface area contributed by atoms with Crippen molar-refractivity contribution in [2.75, 3.05) is 18.9 Å². The van der Waals surface area contributed by atoms with E-state index in [1.807, 2.05) is 0 Å². The Labute approximate surface area is 109 Å². The maximum Gasteiger partial charge on any atom is 0.251 e. The lowest BCUT2D eigenvalue weighted by Gasteiger charge is -2.11. The summed E-state index contributed by atoms with van der Waals surface area (Å²) in [5, 5.41) is 2.85. The Morgan fingerprint density at radius 3 is 3.06 bits per heavy atom. The predicted molar refractivity (Wildman–Crippen MR) is 69.9 cm³/mol. The Kier molecular flexibility index (Phi) is 4.02. The molecular formula is C12H15BrN2O2. The third-order valence-electron chi connectivity index (χ3n) is 2.77. The van der Waals surface area contributed by atoms with E-state index in [0.717, 1.165) is 23.9 Å². The summed E-state index contributed by atoms with van der Waals surface area (Å²) >= 11 is 3.29. The van der Waals surface area contributed by atoms with Crippen LogP contribution in [0.5, 0.6) is 0 Å². The van der Waals surface area contributed by atoms with Crippen LogP contribution in [-0.4, -0.2) is 25.2 Å². The molecule has 17 heavy (non-hydrogen) atoms. The van der Waals surface area contributed by atoms with Crippen molar-refractivity contribution in [3.63, 3.8) is 0 Å². The molecule has 1 aromatic carbocycles. The number of hydrogen-bond acceptors (Lipinski definition) is 3. The van der Waals surface area contributed by atoms with Gasteiger partial charge < -0.3 is 15.8 Å². The van der Waals surface area contributed by atoms with Gasteiger partial charge in [-0.3, -0.25) is 4.79 Å². The number of benzene rings is 1. The van der Waals surface area contributed by atoms with Crippen LogP contribution in [0.4, 0.5) is 5.69 Å². The van der Waals surface area contributed by atoms with E-state index in [2.05, 4.69) is 21.2 Å². The SMILES string of the molecule is Nc1cc(C(=O)NCC2CCCO2)ccc1Br. The Morgan fingerprint density at radius 1 is 1.59 bits per heavy atom. The molecule has 5 heteroatoms. The van der Waals surface area contributed by atoms with Gasteiger partial charge in [0.05, 0.1) is 6.10 Å². The topological polar surface area (TPSA) is 64.4 Å². The molecule has 1 aliphatic heterocycles. The lowest BCUT2D eigenvalue weighted by Crippen LogP contribution is -2.31. The fourth-order valence-electron chi connectivity index (χ4n) is 1.80. The van der Waals surface area contributed by atoms with Gasteiger partial charge in [-0.05, 0) is 47.0 Å². The van der Waals surface area contributed by atoms with E-state index >= 15 is 0 Å². The van der Waals surface area contributed by atoms with Crippen LogP contribution in [0.3, 0.4) is 0 Å². The number of ether oxygens (including phenoxy) is 1. The second kappa shape index (κ2) is 5.51. The van der Waals surface area contributed by atoms with Crippen LogP contribution in [0.1, 0.15) is 23.2 Å². The minimum absolute atomic E-state index is 0.111. The number of carbonyl (C=O) groups is 1. The van der Waals surface area contributed by atoms with E-state index in [4.69, 9.17) is 10.5 Å². The van der Waals surface area contributed by atoms with Crippen LogP contribution in [0.25, 0.3) is 0 Å². The van der Waals surface area contributed by atoms with Gasteiger partial charge in [0.15, 0.2) is 0 Å². The van der Waals surface area contributed by atoms with Crippen molar-refractivity contribution in [1.29, 1.82) is 0 Å². The Morgan fingerprint density at radius 2 is 2.41 bits per heavy atom. The van der Waals surface area contributed by atoms with Gasteiger partial charge in [0.2, 0.25) is 0 Å². The van der Waals surface area contributed by atoms with Crippen molar-refractivity contribution in [2.45, 2.75) is 18.9 Å². The first-order chi connectivity index (χ1) is 8.16. The fourth-order valence-corrected chi connectivity index (χ4v) is 2.05. The van der Waals surface area contributed by atoms with Crippen LogP contribution in [0, 0.1) is 0 Å². The number of nitrogen functional groups attached to an aromatic ring is 1. The number of nitrogens with two attached hydrogens (primary N) is 1. The highest BCUT2D eigenvalue weighted by Crippen LogP contribution is 2.20. The van der Waals surface area contributed by atoms with Gasteiger partial charge in [-0.2, -0.15) is 0 Å². The first-order valence-electron chi connectivity index (χ1n) is 5.61. The fraction of sp³-hybridized carbons (Fsp3) is 0.417. The lowest BCUT2D eigenvalue weighted by molar-refractivity contribution is 0.0858. The van der Waals surface area contributed by atoms with E-state index < -0.39 is 0 Å². The number of anilines is 1. The largest absolute Gasteiger partial charge is 0.398 e. The number of amides is 1. The van der Waals surface area contributed by atoms with E-state index in [1.54, 1.807) is 18.2 Å². The molecule has 1 aliphatic rings. The van der Waals surface area contributed by atoms with Crippen LogP contribution >= 0.6 is 15.9 Å². The molecule has 0 aliphatic carbocycles. The van der Waals surface area contributed by atoms with E-state index in [9.17, 15) is 4.79 Å². The summed E-state index contributed by atoms with van der Waals surface area (Å²) in [6.45, 7) is 1.36. The van der Waals surface area contributed by atoms with Gasteiger partial charge in [-0.1, -0.05) is 0 Å². The van der Waals surface area contributed by atoms with Crippen molar-refractivity contribution in [2.24, 2.45) is 0 Å². The molecule has 1 aromatic rings. The van der Waals surface area contributed by atoms with Crippen molar-refractivity contribution < 1.29 is 9.53 Å². The molecular weight excluding hydrogens is 284 g/mol. The van der Waals surface area contributed by atoms with Crippen LogP contribution in [0.15, 0.2) is 22.7 Å². The molecule has 1 amide bonds. The summed E-state index contributed by atoms with van der Waals surface area (Å²) in [6, 6.07) is 5.18. The summed E-state index contributed by atoms with van der Waals surface area (Å²) < 4.78 is 6.23. The molecule has 1 saturated heterocycles. The molecule has 0 spiro atoms. The Bertz CT molecular complexity index is 417. The highest BCUT2D eigenvalue weighted by atomic mass is 79.9. The van der Waals surface area contributed by atoms with Gasteiger partial charge in [0.1, 0.15) is 0 Å². The molecule has 2 rings (SSSR count). The van der Waals surface area contributed by atoms with Gasteiger partial charge >= 0.3 is 0 Å². The molecule has 1 unspecified atom stereocenters. The van der Waals surface area contributed by atoms with Crippen molar-refractivity contribution in [3.8, 4) is 0 Å². The molecule has 0 aromatic heterocycles. The molecule has 3 N–H and O–H groups in total. The number of carbonyl (C=O) groups excluding carboxylic acids is 1.